The van der Waals surface area contributed by atoms with Crippen molar-refractivity contribution in [2.24, 2.45) is 0 Å². The van der Waals surface area contributed by atoms with Crippen LogP contribution in [0.15, 0.2) is 48.5 Å². The standard InChI is InChI=1S/C21H22O6/c1-20(2,3)26-27-21(13-14-8-7-9-15(12-14)24-4)18(22)16-10-5-6-11-17(16)25-19(21)23/h5-12H,13H2,1-4H3. The van der Waals surface area contributed by atoms with Crippen LogP contribution in [0.4, 0.5) is 0 Å². The molecule has 1 unspecified atom stereocenters. The first-order valence-corrected chi connectivity index (χ1v) is 8.61. The van der Waals surface area contributed by atoms with Gasteiger partial charge < -0.3 is 9.47 Å². The lowest BCUT2D eigenvalue weighted by atomic mass is 9.84. The van der Waals surface area contributed by atoms with Crippen molar-refractivity contribution in [2.45, 2.75) is 38.4 Å². The fourth-order valence-corrected chi connectivity index (χ4v) is 2.76. The summed E-state index contributed by atoms with van der Waals surface area (Å²) < 4.78 is 10.6. The Labute approximate surface area is 157 Å². The van der Waals surface area contributed by atoms with Crippen LogP contribution in [0.5, 0.6) is 11.5 Å². The maximum Gasteiger partial charge on any atom is 0.355 e. The summed E-state index contributed by atoms with van der Waals surface area (Å²) in [5.41, 5.74) is -1.71. The number of ether oxygens (including phenoxy) is 2. The van der Waals surface area contributed by atoms with Crippen molar-refractivity contribution in [3.63, 3.8) is 0 Å². The highest BCUT2D eigenvalue weighted by atomic mass is 17.2. The van der Waals surface area contributed by atoms with Crippen molar-refractivity contribution in [1.29, 1.82) is 0 Å². The number of carbonyl (C=O) groups excluding carboxylic acids is 2. The highest BCUT2D eigenvalue weighted by Gasteiger charge is 2.55. The van der Waals surface area contributed by atoms with Crippen molar-refractivity contribution >= 4 is 11.8 Å². The average molecular weight is 370 g/mol. The van der Waals surface area contributed by atoms with Crippen LogP contribution in [0.2, 0.25) is 0 Å². The number of hydrogen-bond donors (Lipinski definition) is 0. The van der Waals surface area contributed by atoms with Gasteiger partial charge in [0.2, 0.25) is 5.78 Å². The Morgan fingerprint density at radius 2 is 1.78 bits per heavy atom. The predicted octanol–water partition coefficient (Wildman–Crippen LogP) is 3.53. The van der Waals surface area contributed by atoms with Crippen LogP contribution in [0.25, 0.3) is 0 Å². The summed E-state index contributed by atoms with van der Waals surface area (Å²) in [5, 5.41) is 0. The molecule has 1 aliphatic heterocycles. The third kappa shape index (κ3) is 3.86. The van der Waals surface area contributed by atoms with Crippen LogP contribution < -0.4 is 9.47 Å². The summed E-state index contributed by atoms with van der Waals surface area (Å²) in [6.07, 6.45) is -0.0493. The Morgan fingerprint density at radius 1 is 1.04 bits per heavy atom. The monoisotopic (exact) mass is 370 g/mol. The highest BCUT2D eigenvalue weighted by molar-refractivity contribution is 6.19. The molecule has 0 spiro atoms. The van der Waals surface area contributed by atoms with E-state index in [1.165, 1.54) is 0 Å². The third-order valence-corrected chi connectivity index (χ3v) is 4.05. The van der Waals surface area contributed by atoms with Crippen molar-refractivity contribution < 1.29 is 28.8 Å². The summed E-state index contributed by atoms with van der Waals surface area (Å²) in [4.78, 5) is 37.1. The zero-order valence-corrected chi connectivity index (χ0v) is 15.8. The average Bonchev–Trinajstić information content (AvgIpc) is 2.63. The van der Waals surface area contributed by atoms with Crippen LogP contribution in [0.3, 0.4) is 0 Å². The van der Waals surface area contributed by atoms with E-state index in [0.717, 1.165) is 0 Å². The van der Waals surface area contributed by atoms with Gasteiger partial charge in [0.15, 0.2) is 0 Å². The van der Waals surface area contributed by atoms with E-state index in [2.05, 4.69) is 0 Å². The summed E-state index contributed by atoms with van der Waals surface area (Å²) in [6, 6.07) is 13.7. The van der Waals surface area contributed by atoms with Crippen molar-refractivity contribution in [3.05, 3.63) is 59.7 Å². The molecule has 3 rings (SSSR count). The maximum absolute atomic E-state index is 13.3. The zero-order chi connectivity index (χ0) is 19.7. The van der Waals surface area contributed by atoms with Gasteiger partial charge in [-0.1, -0.05) is 24.3 Å². The van der Waals surface area contributed by atoms with E-state index >= 15 is 0 Å². The Bertz CT molecular complexity index is 867. The lowest BCUT2D eigenvalue weighted by Gasteiger charge is -2.34. The van der Waals surface area contributed by atoms with Crippen molar-refractivity contribution in [1.82, 2.24) is 0 Å². The van der Waals surface area contributed by atoms with Gasteiger partial charge in [-0.05, 0) is 50.6 Å². The van der Waals surface area contributed by atoms with Gasteiger partial charge in [0.1, 0.15) is 11.5 Å². The molecule has 0 amide bonds. The number of rotatable bonds is 5. The first-order valence-electron chi connectivity index (χ1n) is 8.61. The highest BCUT2D eigenvalue weighted by Crippen LogP contribution is 2.36. The molecule has 0 bridgehead atoms. The number of para-hydroxylation sites is 1. The molecular weight excluding hydrogens is 348 g/mol. The van der Waals surface area contributed by atoms with E-state index < -0.39 is 23.0 Å². The quantitative estimate of drug-likeness (QED) is 0.264. The van der Waals surface area contributed by atoms with Gasteiger partial charge in [-0.25, -0.2) is 14.6 Å². The number of hydrogen-bond acceptors (Lipinski definition) is 6. The fourth-order valence-electron chi connectivity index (χ4n) is 2.76. The first-order chi connectivity index (χ1) is 12.7. The minimum Gasteiger partial charge on any atom is -0.497 e. The van der Waals surface area contributed by atoms with Crippen LogP contribution in [-0.2, 0) is 21.0 Å². The molecule has 6 nitrogen and oxygen atoms in total. The molecule has 0 aliphatic carbocycles. The molecule has 2 aromatic rings. The number of fused-ring (bicyclic) bond motifs is 1. The second kappa shape index (κ2) is 7.13. The van der Waals surface area contributed by atoms with Gasteiger partial charge in [-0.3, -0.25) is 4.79 Å². The number of Topliss-reactive ketones (excluding diaryl/α,β-unsaturated/α-hetero) is 1. The van der Waals surface area contributed by atoms with E-state index in [-0.39, 0.29) is 17.7 Å². The lowest BCUT2D eigenvalue weighted by Crippen LogP contribution is -2.56. The van der Waals surface area contributed by atoms with Crippen LogP contribution in [0, 0.1) is 0 Å². The molecule has 0 radical (unpaired) electrons. The molecule has 1 heterocycles. The number of ketones is 1. The molecule has 0 saturated carbocycles. The van der Waals surface area contributed by atoms with Crippen LogP contribution >= 0.6 is 0 Å². The maximum atomic E-state index is 13.3. The van der Waals surface area contributed by atoms with Gasteiger partial charge >= 0.3 is 5.97 Å². The van der Waals surface area contributed by atoms with Gasteiger partial charge in [0, 0.05) is 6.42 Å². The smallest absolute Gasteiger partial charge is 0.355 e. The number of methoxy groups -OCH3 is 1. The molecule has 142 valence electrons. The van der Waals surface area contributed by atoms with E-state index in [0.29, 0.717) is 11.3 Å². The first kappa shape index (κ1) is 19.1. The van der Waals surface area contributed by atoms with Crippen LogP contribution in [0.1, 0.15) is 36.7 Å². The molecule has 0 aromatic heterocycles. The van der Waals surface area contributed by atoms with Crippen molar-refractivity contribution in [2.75, 3.05) is 7.11 Å². The third-order valence-electron chi connectivity index (χ3n) is 4.05. The van der Waals surface area contributed by atoms with Gasteiger partial charge in [-0.15, -0.1) is 0 Å². The Hall–Kier alpha value is -2.70. The summed E-state index contributed by atoms with van der Waals surface area (Å²) in [6.45, 7) is 5.29. The largest absolute Gasteiger partial charge is 0.497 e. The predicted molar refractivity (Wildman–Crippen MR) is 97.8 cm³/mol. The zero-order valence-electron chi connectivity index (χ0n) is 15.8. The molecule has 0 fully saturated rings. The van der Waals surface area contributed by atoms with E-state index in [4.69, 9.17) is 19.2 Å². The molecular formula is C21H22O6. The van der Waals surface area contributed by atoms with Gasteiger partial charge in [0.25, 0.3) is 5.60 Å². The molecule has 2 aromatic carbocycles. The fraction of sp³-hybridized carbons (Fsp3) is 0.333. The number of esters is 1. The molecule has 6 heteroatoms. The molecule has 1 aliphatic rings. The van der Waals surface area contributed by atoms with E-state index in [9.17, 15) is 9.59 Å². The normalized spacial score (nSPS) is 19.4. The molecule has 0 N–H and O–H groups in total. The molecule has 1 atom stereocenters. The molecule has 0 saturated heterocycles. The summed E-state index contributed by atoms with van der Waals surface area (Å²) in [5.74, 6) is -0.482. The Balaban J connectivity index is 2.04. The topological polar surface area (TPSA) is 71.1 Å². The van der Waals surface area contributed by atoms with Gasteiger partial charge in [0.05, 0.1) is 18.3 Å². The lowest BCUT2D eigenvalue weighted by molar-refractivity contribution is -0.383. The minimum absolute atomic E-state index is 0.0493. The number of carbonyl (C=O) groups is 2. The van der Waals surface area contributed by atoms with E-state index in [1.54, 1.807) is 76.4 Å². The van der Waals surface area contributed by atoms with Gasteiger partial charge in [-0.2, -0.15) is 0 Å². The summed E-state index contributed by atoms with van der Waals surface area (Å²) in [7, 11) is 1.55. The minimum atomic E-state index is -1.94. The Morgan fingerprint density at radius 3 is 2.48 bits per heavy atom. The number of benzene rings is 2. The molecule has 27 heavy (non-hydrogen) atoms. The SMILES string of the molecule is COc1cccc(CC2(OOC(C)(C)C)C(=O)Oc3ccccc3C2=O)c1. The second-order valence-electron chi connectivity index (χ2n) is 7.35. The van der Waals surface area contributed by atoms with E-state index in [1.807, 2.05) is 0 Å². The second-order valence-corrected chi connectivity index (χ2v) is 7.35. The summed E-state index contributed by atoms with van der Waals surface area (Å²) >= 11 is 0. The Kier molecular flexibility index (Phi) is 5.04. The van der Waals surface area contributed by atoms with Crippen LogP contribution in [-0.4, -0.2) is 30.1 Å². The van der Waals surface area contributed by atoms with Crippen molar-refractivity contribution in [3.8, 4) is 11.5 Å².